The van der Waals surface area contributed by atoms with Gasteiger partial charge in [-0.25, -0.2) is 0 Å². The number of hydrogen-bond donors (Lipinski definition) is 4. The van der Waals surface area contributed by atoms with Crippen molar-refractivity contribution < 1.29 is 24.9 Å². The Morgan fingerprint density at radius 2 is 2.16 bits per heavy atom. The number of aliphatic hydroxyl groups is 3. The van der Waals surface area contributed by atoms with Crippen LogP contribution in [0.15, 0.2) is 24.3 Å². The van der Waals surface area contributed by atoms with Crippen LogP contribution in [0.3, 0.4) is 0 Å². The fourth-order valence-corrected chi connectivity index (χ4v) is 2.22. The lowest BCUT2D eigenvalue weighted by Gasteiger charge is -2.36. The molecule has 1 saturated heterocycles. The van der Waals surface area contributed by atoms with Crippen molar-refractivity contribution in [3.8, 4) is 0 Å². The van der Waals surface area contributed by atoms with Gasteiger partial charge in [-0.05, 0) is 17.7 Å². The first kappa shape index (κ1) is 14.0. The van der Waals surface area contributed by atoms with Gasteiger partial charge in [-0.1, -0.05) is 12.1 Å². The van der Waals surface area contributed by atoms with Gasteiger partial charge in [0.05, 0.1) is 18.8 Å². The van der Waals surface area contributed by atoms with Crippen LogP contribution in [0, 0.1) is 0 Å². The van der Waals surface area contributed by atoms with Gasteiger partial charge < -0.3 is 25.8 Å². The summed E-state index contributed by atoms with van der Waals surface area (Å²) in [6.07, 6.45) is -3.25. The molecule has 0 aliphatic carbocycles. The maximum absolute atomic E-state index is 11.1. The Morgan fingerprint density at radius 3 is 2.79 bits per heavy atom. The zero-order chi connectivity index (χ0) is 14.0. The summed E-state index contributed by atoms with van der Waals surface area (Å²) >= 11 is 0. The van der Waals surface area contributed by atoms with Gasteiger partial charge in [0.25, 0.3) is 0 Å². The summed E-state index contributed by atoms with van der Waals surface area (Å²) in [6.45, 7) is -0.240. The van der Waals surface area contributed by atoms with E-state index in [0.29, 0.717) is 11.1 Å². The predicted molar refractivity (Wildman–Crippen MR) is 66.3 cm³/mol. The average molecular weight is 267 g/mol. The van der Waals surface area contributed by atoms with Crippen molar-refractivity contribution in [1.82, 2.24) is 0 Å². The Kier molecular flexibility index (Phi) is 4.16. The van der Waals surface area contributed by atoms with Gasteiger partial charge in [-0.3, -0.25) is 4.79 Å². The predicted octanol–water partition coefficient (Wildman–Crippen LogP) is -0.670. The summed E-state index contributed by atoms with van der Waals surface area (Å²) in [5.74, 6) is -0.577. The van der Waals surface area contributed by atoms with Crippen LogP contribution in [0.5, 0.6) is 0 Å². The van der Waals surface area contributed by atoms with Crippen LogP contribution >= 0.6 is 0 Å². The Bertz CT molecular complexity index is 464. The quantitative estimate of drug-likeness (QED) is 0.580. The van der Waals surface area contributed by atoms with Gasteiger partial charge in [0.15, 0.2) is 0 Å². The van der Waals surface area contributed by atoms with Gasteiger partial charge in [0, 0.05) is 12.0 Å². The van der Waals surface area contributed by atoms with Crippen molar-refractivity contribution in [2.24, 2.45) is 5.73 Å². The number of amides is 1. The van der Waals surface area contributed by atoms with E-state index >= 15 is 0 Å². The molecule has 1 aromatic carbocycles. The molecule has 2 rings (SSSR count). The molecule has 0 aromatic heterocycles. The zero-order valence-corrected chi connectivity index (χ0v) is 10.3. The monoisotopic (exact) mass is 267 g/mol. The molecule has 0 bridgehead atoms. The van der Waals surface area contributed by atoms with Crippen LogP contribution in [0.25, 0.3) is 0 Å². The lowest BCUT2D eigenvalue weighted by molar-refractivity contribution is -0.179. The third kappa shape index (κ3) is 2.93. The maximum atomic E-state index is 11.1. The van der Waals surface area contributed by atoms with Crippen LogP contribution in [-0.2, 0) is 4.74 Å². The summed E-state index contributed by atoms with van der Waals surface area (Å²) in [5.41, 5.74) is 6.04. The second-order valence-electron chi connectivity index (χ2n) is 4.64. The van der Waals surface area contributed by atoms with E-state index in [4.69, 9.17) is 15.6 Å². The summed E-state index contributed by atoms with van der Waals surface area (Å²) in [7, 11) is 0. The Labute approximate surface area is 110 Å². The van der Waals surface area contributed by atoms with Gasteiger partial charge in [0.2, 0.25) is 5.91 Å². The number of benzene rings is 1. The molecule has 0 spiro atoms. The maximum Gasteiger partial charge on any atom is 0.248 e. The summed E-state index contributed by atoms with van der Waals surface area (Å²) < 4.78 is 5.53. The fraction of sp³-hybridized carbons (Fsp3) is 0.462. The van der Waals surface area contributed by atoms with Crippen molar-refractivity contribution in [1.29, 1.82) is 0 Å². The van der Waals surface area contributed by atoms with Crippen LogP contribution in [-0.4, -0.2) is 46.1 Å². The highest BCUT2D eigenvalue weighted by Gasteiger charge is 2.37. The number of ether oxygens (including phenoxy) is 1. The van der Waals surface area contributed by atoms with Crippen LogP contribution in [0.4, 0.5) is 0 Å². The number of rotatable bonds is 3. The summed E-state index contributed by atoms with van der Waals surface area (Å²) in [6, 6.07) is 6.37. The molecular weight excluding hydrogens is 250 g/mol. The molecule has 1 aromatic rings. The van der Waals surface area contributed by atoms with Gasteiger partial charge in [0.1, 0.15) is 12.2 Å². The van der Waals surface area contributed by atoms with Crippen molar-refractivity contribution >= 4 is 5.91 Å². The number of nitrogens with two attached hydrogens (primary N) is 1. The van der Waals surface area contributed by atoms with E-state index in [2.05, 4.69) is 0 Å². The minimum Gasteiger partial charge on any atom is -0.394 e. The highest BCUT2D eigenvalue weighted by molar-refractivity contribution is 5.92. The lowest BCUT2D eigenvalue weighted by atomic mass is 9.92. The molecule has 6 nitrogen and oxygen atoms in total. The molecule has 1 amide bonds. The van der Waals surface area contributed by atoms with E-state index < -0.39 is 30.3 Å². The molecule has 1 aliphatic rings. The smallest absolute Gasteiger partial charge is 0.248 e. The molecule has 6 heteroatoms. The molecular formula is C13H17NO5. The Hall–Kier alpha value is -1.47. The number of hydrogen-bond acceptors (Lipinski definition) is 5. The molecule has 1 fully saturated rings. The number of carbonyl (C=O) groups excluding carboxylic acids is 1. The highest BCUT2D eigenvalue weighted by atomic mass is 16.5. The second kappa shape index (κ2) is 5.66. The summed E-state index contributed by atoms with van der Waals surface area (Å²) in [4.78, 5) is 11.1. The Morgan fingerprint density at radius 1 is 1.42 bits per heavy atom. The third-order valence-corrected chi connectivity index (χ3v) is 3.25. The van der Waals surface area contributed by atoms with Gasteiger partial charge in [-0.2, -0.15) is 0 Å². The number of carbonyl (C=O) groups is 1. The molecule has 5 N–H and O–H groups in total. The van der Waals surface area contributed by atoms with Crippen molar-refractivity contribution in [3.63, 3.8) is 0 Å². The average Bonchev–Trinajstić information content (AvgIpc) is 2.41. The SMILES string of the molecule is NC(=O)c1cccc([C@@H]2O[C@H](CO)C[C@H](O)[C@H]2O)c1. The highest BCUT2D eigenvalue weighted by Crippen LogP contribution is 2.32. The van der Waals surface area contributed by atoms with Crippen LogP contribution < -0.4 is 5.73 Å². The van der Waals surface area contributed by atoms with Crippen molar-refractivity contribution in [3.05, 3.63) is 35.4 Å². The molecule has 1 heterocycles. The molecule has 0 radical (unpaired) electrons. The Balaban J connectivity index is 2.28. The van der Waals surface area contributed by atoms with E-state index in [1.165, 1.54) is 6.07 Å². The minimum atomic E-state index is -1.11. The molecule has 4 atom stereocenters. The first-order valence-corrected chi connectivity index (χ1v) is 6.05. The number of aliphatic hydroxyl groups excluding tert-OH is 3. The minimum absolute atomic E-state index is 0.170. The molecule has 0 saturated carbocycles. The molecule has 19 heavy (non-hydrogen) atoms. The van der Waals surface area contributed by atoms with E-state index in [1.807, 2.05) is 0 Å². The molecule has 0 unspecified atom stereocenters. The van der Waals surface area contributed by atoms with E-state index in [-0.39, 0.29) is 13.0 Å². The molecule has 104 valence electrons. The van der Waals surface area contributed by atoms with Gasteiger partial charge in [-0.15, -0.1) is 0 Å². The van der Waals surface area contributed by atoms with Crippen molar-refractivity contribution in [2.45, 2.75) is 30.8 Å². The van der Waals surface area contributed by atoms with E-state index in [1.54, 1.807) is 18.2 Å². The van der Waals surface area contributed by atoms with E-state index in [0.717, 1.165) is 0 Å². The topological polar surface area (TPSA) is 113 Å². The lowest BCUT2D eigenvalue weighted by Crippen LogP contribution is -2.44. The van der Waals surface area contributed by atoms with Gasteiger partial charge >= 0.3 is 0 Å². The first-order valence-electron chi connectivity index (χ1n) is 6.05. The van der Waals surface area contributed by atoms with Crippen LogP contribution in [0.2, 0.25) is 0 Å². The summed E-state index contributed by atoms with van der Waals surface area (Å²) in [5, 5.41) is 28.8. The third-order valence-electron chi connectivity index (χ3n) is 3.25. The standard InChI is InChI=1S/C13H17NO5/c14-13(18)8-3-1-2-7(4-8)12-11(17)10(16)5-9(6-15)19-12/h1-4,9-12,15-17H,5-6H2,(H2,14,18)/t9-,10-,11+,12-/m0/s1. The number of primary amides is 1. The fourth-order valence-electron chi connectivity index (χ4n) is 2.22. The second-order valence-corrected chi connectivity index (χ2v) is 4.64. The molecule has 1 aliphatic heterocycles. The van der Waals surface area contributed by atoms with Crippen LogP contribution in [0.1, 0.15) is 28.4 Å². The van der Waals surface area contributed by atoms with E-state index in [9.17, 15) is 15.0 Å². The first-order chi connectivity index (χ1) is 9.02. The largest absolute Gasteiger partial charge is 0.394 e. The van der Waals surface area contributed by atoms with Crippen molar-refractivity contribution in [2.75, 3.05) is 6.61 Å². The normalized spacial score (nSPS) is 31.1. The zero-order valence-electron chi connectivity index (χ0n) is 10.3.